The predicted octanol–water partition coefficient (Wildman–Crippen LogP) is 1.81. The molecule has 0 aliphatic rings. The lowest BCUT2D eigenvalue weighted by atomic mass is 10.2. The van der Waals surface area contributed by atoms with E-state index in [2.05, 4.69) is 32.8 Å². The van der Waals surface area contributed by atoms with E-state index in [1.807, 2.05) is 0 Å². The largest absolute Gasteiger partial charge is 0.480 e. The van der Waals surface area contributed by atoms with Crippen LogP contribution in [0.15, 0.2) is 12.3 Å². The van der Waals surface area contributed by atoms with E-state index < -0.39 is 0 Å². The predicted molar refractivity (Wildman–Crippen MR) is 60.5 cm³/mol. The Morgan fingerprint density at radius 3 is 3.00 bits per heavy atom. The third-order valence-corrected chi connectivity index (χ3v) is 1.92. The third-order valence-electron chi connectivity index (χ3n) is 1.52. The van der Waals surface area contributed by atoms with Gasteiger partial charge in [-0.1, -0.05) is 27.8 Å². The maximum absolute atomic E-state index is 5.67. The van der Waals surface area contributed by atoms with Crippen LogP contribution in [-0.2, 0) is 0 Å². The molecule has 0 bridgehead atoms. The summed E-state index contributed by atoms with van der Waals surface area (Å²) in [7, 11) is 1.54. The molecule has 0 spiro atoms. The number of aromatic nitrogens is 1. The summed E-state index contributed by atoms with van der Waals surface area (Å²) in [6, 6.07) is 1.76. The highest BCUT2D eigenvalue weighted by molar-refractivity contribution is 9.09. The lowest BCUT2D eigenvalue weighted by Gasteiger charge is -2.01. The molecule has 0 saturated heterocycles. The zero-order chi connectivity index (χ0) is 10.4. The average molecular weight is 255 g/mol. The Hall–Kier alpha value is -1.21. The zero-order valence-electron chi connectivity index (χ0n) is 7.88. The summed E-state index contributed by atoms with van der Waals surface area (Å²) in [5, 5.41) is 0.874. The van der Waals surface area contributed by atoms with Crippen molar-refractivity contribution in [2.45, 2.75) is 6.42 Å². The van der Waals surface area contributed by atoms with Gasteiger partial charge in [0.25, 0.3) is 0 Å². The molecule has 0 aromatic carbocycles. The van der Waals surface area contributed by atoms with Gasteiger partial charge in [0.1, 0.15) is 0 Å². The summed E-state index contributed by atoms with van der Waals surface area (Å²) in [5.41, 5.74) is 6.99. The highest BCUT2D eigenvalue weighted by Gasteiger charge is 1.99. The summed E-state index contributed by atoms with van der Waals surface area (Å²) < 4.78 is 4.93. The average Bonchev–Trinajstić information content (AvgIpc) is 2.18. The van der Waals surface area contributed by atoms with E-state index in [0.29, 0.717) is 11.6 Å². The van der Waals surface area contributed by atoms with E-state index >= 15 is 0 Å². The van der Waals surface area contributed by atoms with E-state index in [-0.39, 0.29) is 0 Å². The first-order valence-electron chi connectivity index (χ1n) is 4.12. The van der Waals surface area contributed by atoms with Gasteiger partial charge in [0.15, 0.2) is 0 Å². The van der Waals surface area contributed by atoms with Crippen LogP contribution in [0.4, 0.5) is 5.69 Å². The Morgan fingerprint density at radius 1 is 1.64 bits per heavy atom. The number of rotatable bonds is 2. The molecule has 0 unspecified atom stereocenters. The molecule has 1 aromatic heterocycles. The molecule has 0 radical (unpaired) electrons. The maximum Gasteiger partial charge on any atom is 0.236 e. The van der Waals surface area contributed by atoms with Crippen molar-refractivity contribution in [3.63, 3.8) is 0 Å². The van der Waals surface area contributed by atoms with Gasteiger partial charge in [-0.05, 0) is 6.07 Å². The minimum absolute atomic E-state index is 0.441. The SMILES string of the molecule is COc1ncc(C#CCCBr)cc1N. The molecule has 1 rings (SSSR count). The highest BCUT2D eigenvalue weighted by Crippen LogP contribution is 2.17. The van der Waals surface area contributed by atoms with Crippen LogP contribution in [0.25, 0.3) is 0 Å². The number of halogens is 1. The fourth-order valence-electron chi connectivity index (χ4n) is 0.920. The number of hydrogen-bond donors (Lipinski definition) is 1. The molecule has 0 aliphatic carbocycles. The monoisotopic (exact) mass is 254 g/mol. The van der Waals surface area contributed by atoms with Gasteiger partial charge >= 0.3 is 0 Å². The van der Waals surface area contributed by atoms with Crippen LogP contribution in [0.2, 0.25) is 0 Å². The van der Waals surface area contributed by atoms with Gasteiger partial charge in [0, 0.05) is 23.5 Å². The molecule has 1 aromatic rings. The number of pyridine rings is 1. The molecule has 0 aliphatic heterocycles. The molecule has 0 saturated carbocycles. The summed E-state index contributed by atoms with van der Waals surface area (Å²) >= 11 is 3.30. The molecule has 3 nitrogen and oxygen atoms in total. The van der Waals surface area contributed by atoms with Gasteiger partial charge in [0.05, 0.1) is 12.8 Å². The smallest absolute Gasteiger partial charge is 0.236 e. The van der Waals surface area contributed by atoms with Crippen molar-refractivity contribution < 1.29 is 4.74 Å². The number of methoxy groups -OCH3 is 1. The van der Waals surface area contributed by atoms with Gasteiger partial charge < -0.3 is 10.5 Å². The second kappa shape index (κ2) is 5.51. The molecule has 74 valence electrons. The molecule has 0 atom stereocenters. The van der Waals surface area contributed by atoms with Crippen LogP contribution in [0, 0.1) is 11.8 Å². The topological polar surface area (TPSA) is 48.1 Å². The van der Waals surface area contributed by atoms with Crippen molar-refractivity contribution in [3.8, 4) is 17.7 Å². The van der Waals surface area contributed by atoms with E-state index in [4.69, 9.17) is 10.5 Å². The van der Waals surface area contributed by atoms with Crippen LogP contribution in [0.1, 0.15) is 12.0 Å². The Balaban J connectivity index is 2.82. The molecule has 0 amide bonds. The zero-order valence-corrected chi connectivity index (χ0v) is 9.47. The Morgan fingerprint density at radius 2 is 2.43 bits per heavy atom. The Labute approximate surface area is 91.8 Å². The third kappa shape index (κ3) is 2.93. The van der Waals surface area contributed by atoms with E-state index in [1.54, 1.807) is 12.3 Å². The summed E-state index contributed by atoms with van der Waals surface area (Å²) in [4.78, 5) is 4.01. The van der Waals surface area contributed by atoms with E-state index in [1.165, 1.54) is 7.11 Å². The molecular weight excluding hydrogens is 244 g/mol. The Kier molecular flexibility index (Phi) is 4.27. The standard InChI is InChI=1S/C10H11BrN2O/c1-14-10-9(12)6-8(7-13-10)4-2-3-5-11/h6-7H,3,5,12H2,1H3. The summed E-state index contributed by atoms with van der Waals surface area (Å²) in [6.45, 7) is 0. The molecule has 1 heterocycles. The quantitative estimate of drug-likeness (QED) is 0.647. The number of ether oxygens (including phenoxy) is 1. The fourth-order valence-corrected chi connectivity index (χ4v) is 1.12. The van der Waals surface area contributed by atoms with Gasteiger partial charge in [-0.15, -0.1) is 0 Å². The van der Waals surface area contributed by atoms with Crippen molar-refractivity contribution >= 4 is 21.6 Å². The molecule has 4 heteroatoms. The van der Waals surface area contributed by atoms with Crippen LogP contribution < -0.4 is 10.5 Å². The number of nitrogens with zero attached hydrogens (tertiary/aromatic N) is 1. The second-order valence-electron chi connectivity index (χ2n) is 2.56. The molecule has 2 N–H and O–H groups in total. The summed E-state index contributed by atoms with van der Waals surface area (Å²) in [5.74, 6) is 6.38. The van der Waals surface area contributed by atoms with Crippen molar-refractivity contribution in [2.75, 3.05) is 18.2 Å². The first-order chi connectivity index (χ1) is 6.77. The van der Waals surface area contributed by atoms with Gasteiger partial charge in [0.2, 0.25) is 5.88 Å². The van der Waals surface area contributed by atoms with Gasteiger partial charge in [-0.25, -0.2) is 4.98 Å². The number of anilines is 1. The number of alkyl halides is 1. The van der Waals surface area contributed by atoms with Crippen LogP contribution in [-0.4, -0.2) is 17.4 Å². The minimum atomic E-state index is 0.441. The lowest BCUT2D eigenvalue weighted by Crippen LogP contribution is -1.95. The summed E-state index contributed by atoms with van der Waals surface area (Å²) in [6.07, 6.45) is 2.46. The number of nitrogens with two attached hydrogens (primary N) is 1. The van der Waals surface area contributed by atoms with Gasteiger partial charge in [-0.2, -0.15) is 0 Å². The van der Waals surface area contributed by atoms with E-state index in [9.17, 15) is 0 Å². The first kappa shape index (κ1) is 10.9. The highest BCUT2D eigenvalue weighted by atomic mass is 79.9. The lowest BCUT2D eigenvalue weighted by molar-refractivity contribution is 0.400. The van der Waals surface area contributed by atoms with Crippen molar-refractivity contribution in [1.82, 2.24) is 4.98 Å². The van der Waals surface area contributed by atoms with Gasteiger partial charge in [-0.3, -0.25) is 0 Å². The first-order valence-corrected chi connectivity index (χ1v) is 5.24. The molecule has 0 fully saturated rings. The Bertz CT molecular complexity index is 368. The number of hydrogen-bond acceptors (Lipinski definition) is 3. The van der Waals surface area contributed by atoms with Crippen molar-refractivity contribution in [2.24, 2.45) is 0 Å². The second-order valence-corrected chi connectivity index (χ2v) is 3.36. The van der Waals surface area contributed by atoms with Crippen LogP contribution in [0.3, 0.4) is 0 Å². The fraction of sp³-hybridized carbons (Fsp3) is 0.300. The maximum atomic E-state index is 5.67. The molecule has 14 heavy (non-hydrogen) atoms. The van der Waals surface area contributed by atoms with Crippen molar-refractivity contribution in [1.29, 1.82) is 0 Å². The number of nitrogen functional groups attached to an aromatic ring is 1. The normalized spacial score (nSPS) is 9.00. The van der Waals surface area contributed by atoms with Crippen LogP contribution >= 0.6 is 15.9 Å². The van der Waals surface area contributed by atoms with E-state index in [0.717, 1.165) is 17.3 Å². The van der Waals surface area contributed by atoms with Crippen LogP contribution in [0.5, 0.6) is 5.88 Å². The minimum Gasteiger partial charge on any atom is -0.480 e. The van der Waals surface area contributed by atoms with Crippen molar-refractivity contribution in [3.05, 3.63) is 17.8 Å². The molecular formula is C10H11BrN2O.